The van der Waals surface area contributed by atoms with Crippen LogP contribution < -0.4 is 0 Å². The van der Waals surface area contributed by atoms with Gasteiger partial charge in [-0.2, -0.15) is 18.2 Å². The molecule has 5 nitrogen and oxygen atoms in total. The highest BCUT2D eigenvalue weighted by Crippen LogP contribution is 2.34. The fourth-order valence-corrected chi connectivity index (χ4v) is 3.13. The molecule has 1 saturated carbocycles. The third-order valence-corrected chi connectivity index (χ3v) is 4.55. The van der Waals surface area contributed by atoms with E-state index in [0.717, 1.165) is 17.7 Å². The van der Waals surface area contributed by atoms with Gasteiger partial charge < -0.3 is 9.42 Å². The molecule has 0 bridgehead atoms. The van der Waals surface area contributed by atoms with Crippen LogP contribution in [0.3, 0.4) is 0 Å². The highest BCUT2D eigenvalue weighted by Gasteiger charge is 2.38. The summed E-state index contributed by atoms with van der Waals surface area (Å²) >= 11 is 1.27. The number of alkyl halides is 3. The molecule has 9 heteroatoms. The maximum atomic E-state index is 12.5. The lowest BCUT2D eigenvalue weighted by atomic mass is 10.3. The average molecular weight is 345 g/mol. The van der Waals surface area contributed by atoms with E-state index in [-0.39, 0.29) is 17.8 Å². The quantitative estimate of drug-likeness (QED) is 0.829. The summed E-state index contributed by atoms with van der Waals surface area (Å²) in [5.41, 5.74) is 0. The van der Waals surface area contributed by atoms with Gasteiger partial charge in [0.05, 0.1) is 11.4 Å². The third-order valence-electron chi connectivity index (χ3n) is 3.49. The number of amides is 1. The fraction of sp³-hybridized carbons (Fsp3) is 0.500. The van der Waals surface area contributed by atoms with Crippen molar-refractivity contribution in [1.29, 1.82) is 0 Å². The number of rotatable bonds is 5. The van der Waals surface area contributed by atoms with Crippen LogP contribution >= 0.6 is 11.3 Å². The summed E-state index contributed by atoms with van der Waals surface area (Å²) in [6.45, 7) is 2.28. The molecule has 1 amide bonds. The second kappa shape index (κ2) is 5.95. The Hall–Kier alpha value is -1.90. The number of halogens is 3. The van der Waals surface area contributed by atoms with Crippen LogP contribution in [0.1, 0.15) is 37.0 Å². The Morgan fingerprint density at radius 3 is 2.74 bits per heavy atom. The first-order valence-corrected chi connectivity index (χ1v) is 7.99. The van der Waals surface area contributed by atoms with Crippen LogP contribution in [0.4, 0.5) is 13.2 Å². The Bertz CT molecular complexity index is 706. The van der Waals surface area contributed by atoms with E-state index in [1.807, 2.05) is 11.8 Å². The maximum absolute atomic E-state index is 12.5. The third kappa shape index (κ3) is 3.54. The number of carbonyl (C=O) groups is 1. The van der Waals surface area contributed by atoms with Gasteiger partial charge in [-0.05, 0) is 25.0 Å². The highest BCUT2D eigenvalue weighted by molar-refractivity contribution is 7.15. The van der Waals surface area contributed by atoms with E-state index in [1.54, 1.807) is 12.1 Å². The van der Waals surface area contributed by atoms with Crippen molar-refractivity contribution in [3.8, 4) is 10.7 Å². The highest BCUT2D eigenvalue weighted by atomic mass is 32.1. The molecule has 0 atom stereocenters. The molecule has 0 aliphatic heterocycles. The van der Waals surface area contributed by atoms with Crippen LogP contribution in [-0.4, -0.2) is 27.0 Å². The number of carbonyl (C=O) groups excluding carboxylic acids is 1. The maximum Gasteiger partial charge on any atom is 0.471 e. The Labute approximate surface area is 134 Å². The topological polar surface area (TPSA) is 59.2 Å². The second-order valence-electron chi connectivity index (χ2n) is 5.29. The van der Waals surface area contributed by atoms with Crippen LogP contribution in [0.5, 0.6) is 0 Å². The number of aromatic nitrogens is 2. The lowest BCUT2D eigenvalue weighted by molar-refractivity contribution is -0.159. The van der Waals surface area contributed by atoms with Crippen molar-refractivity contribution in [2.24, 2.45) is 0 Å². The first kappa shape index (κ1) is 16.0. The molecule has 0 unspecified atom stereocenters. The van der Waals surface area contributed by atoms with Gasteiger partial charge in [0.25, 0.3) is 0 Å². The van der Waals surface area contributed by atoms with E-state index < -0.39 is 12.1 Å². The molecule has 1 aliphatic rings. The molecule has 23 heavy (non-hydrogen) atoms. The Kier molecular flexibility index (Phi) is 4.13. The Balaban J connectivity index is 1.75. The lowest BCUT2D eigenvalue weighted by Gasteiger charge is -2.20. The first-order valence-electron chi connectivity index (χ1n) is 7.18. The summed E-state index contributed by atoms with van der Waals surface area (Å²) in [5, 5.41) is 3.37. The molecule has 0 aromatic carbocycles. The van der Waals surface area contributed by atoms with Gasteiger partial charge in [-0.3, -0.25) is 4.79 Å². The van der Waals surface area contributed by atoms with Crippen molar-refractivity contribution in [3.63, 3.8) is 0 Å². The van der Waals surface area contributed by atoms with Gasteiger partial charge >= 0.3 is 12.1 Å². The summed E-state index contributed by atoms with van der Waals surface area (Å²) in [6, 6.07) is 3.71. The Morgan fingerprint density at radius 2 is 2.17 bits per heavy atom. The largest absolute Gasteiger partial charge is 0.471 e. The minimum absolute atomic E-state index is 0.0846. The zero-order valence-electron chi connectivity index (χ0n) is 12.3. The molecule has 3 rings (SSSR count). The van der Waals surface area contributed by atoms with Gasteiger partial charge in [0.1, 0.15) is 0 Å². The standard InChI is InChI=1S/C14H14F3N3O2S/c1-2-11(21)20(8-3-4-8)7-9-5-6-10(23-9)12-18-13(22-19-12)14(15,16)17/h5-6,8H,2-4,7H2,1H3. The molecule has 124 valence electrons. The molecule has 0 N–H and O–H groups in total. The molecule has 0 spiro atoms. The molecular weight excluding hydrogens is 331 g/mol. The van der Waals surface area contributed by atoms with Crippen LogP contribution in [0.2, 0.25) is 0 Å². The molecule has 0 radical (unpaired) electrons. The van der Waals surface area contributed by atoms with E-state index in [0.29, 0.717) is 17.8 Å². The molecule has 2 heterocycles. The molecule has 0 saturated heterocycles. The van der Waals surface area contributed by atoms with E-state index in [4.69, 9.17) is 0 Å². The van der Waals surface area contributed by atoms with E-state index in [1.165, 1.54) is 11.3 Å². The van der Waals surface area contributed by atoms with Crippen molar-refractivity contribution in [3.05, 3.63) is 22.9 Å². The summed E-state index contributed by atoms with van der Waals surface area (Å²) in [6.07, 6.45) is -2.20. The normalized spacial score (nSPS) is 15.0. The predicted molar refractivity (Wildman–Crippen MR) is 76.5 cm³/mol. The van der Waals surface area contributed by atoms with Crippen molar-refractivity contribution in [2.45, 2.75) is 44.9 Å². The van der Waals surface area contributed by atoms with Crippen LogP contribution in [-0.2, 0) is 17.5 Å². The number of thiophene rings is 1. The van der Waals surface area contributed by atoms with Crippen LogP contribution in [0, 0.1) is 0 Å². The number of nitrogens with zero attached hydrogens (tertiary/aromatic N) is 3. The number of hydrogen-bond acceptors (Lipinski definition) is 5. The molecule has 1 aliphatic carbocycles. The number of hydrogen-bond donors (Lipinski definition) is 0. The van der Waals surface area contributed by atoms with Crippen LogP contribution in [0.25, 0.3) is 10.7 Å². The zero-order valence-corrected chi connectivity index (χ0v) is 13.1. The van der Waals surface area contributed by atoms with Crippen molar-refractivity contribution in [1.82, 2.24) is 15.0 Å². The smallest absolute Gasteiger partial charge is 0.335 e. The summed E-state index contributed by atoms with van der Waals surface area (Å²) in [7, 11) is 0. The second-order valence-corrected chi connectivity index (χ2v) is 6.46. The van der Waals surface area contributed by atoms with Gasteiger partial charge in [-0.25, -0.2) is 0 Å². The van der Waals surface area contributed by atoms with Gasteiger partial charge in [0.2, 0.25) is 11.7 Å². The SMILES string of the molecule is CCC(=O)N(Cc1ccc(-c2noc(C(F)(F)F)n2)s1)C1CC1. The fourth-order valence-electron chi connectivity index (χ4n) is 2.20. The lowest BCUT2D eigenvalue weighted by Crippen LogP contribution is -2.31. The minimum atomic E-state index is -4.65. The molecule has 2 aromatic rings. The summed E-state index contributed by atoms with van der Waals surface area (Å²) < 4.78 is 41.7. The van der Waals surface area contributed by atoms with Crippen molar-refractivity contribution in [2.75, 3.05) is 0 Å². The van der Waals surface area contributed by atoms with E-state index in [9.17, 15) is 18.0 Å². The first-order chi connectivity index (χ1) is 10.9. The van der Waals surface area contributed by atoms with Gasteiger partial charge in [0, 0.05) is 17.3 Å². The molecular formula is C14H14F3N3O2S. The molecule has 1 fully saturated rings. The zero-order chi connectivity index (χ0) is 16.6. The van der Waals surface area contributed by atoms with Gasteiger partial charge in [-0.15, -0.1) is 11.3 Å². The predicted octanol–water partition coefficient (Wildman–Crippen LogP) is 3.72. The summed E-state index contributed by atoms with van der Waals surface area (Å²) in [5.74, 6) is -1.36. The van der Waals surface area contributed by atoms with Gasteiger partial charge in [0.15, 0.2) is 0 Å². The van der Waals surface area contributed by atoms with Crippen molar-refractivity contribution >= 4 is 17.2 Å². The minimum Gasteiger partial charge on any atom is -0.335 e. The summed E-state index contributed by atoms with van der Waals surface area (Å²) in [4.78, 5) is 18.5. The van der Waals surface area contributed by atoms with Crippen LogP contribution in [0.15, 0.2) is 16.7 Å². The molecule has 2 aromatic heterocycles. The van der Waals surface area contributed by atoms with Crippen molar-refractivity contribution < 1.29 is 22.5 Å². The monoisotopic (exact) mass is 345 g/mol. The van der Waals surface area contributed by atoms with Gasteiger partial charge in [-0.1, -0.05) is 12.1 Å². The van der Waals surface area contributed by atoms with E-state index in [2.05, 4.69) is 14.7 Å². The van der Waals surface area contributed by atoms with E-state index >= 15 is 0 Å². The Morgan fingerprint density at radius 1 is 1.43 bits per heavy atom. The average Bonchev–Trinajstić information content (AvgIpc) is 3.02.